The number of halogens is 3. The number of hydrogen-bond acceptors (Lipinski definition) is 8. The quantitative estimate of drug-likeness (QED) is 0.382. The molecule has 1 aromatic heterocycles. The first kappa shape index (κ1) is 26.8. The Morgan fingerprint density at radius 2 is 1.88 bits per heavy atom. The number of piperazine rings is 1. The molecule has 10 nitrogen and oxygen atoms in total. The molecule has 3 aromatic rings. The van der Waals surface area contributed by atoms with Crippen molar-refractivity contribution in [3.05, 3.63) is 66.9 Å². The Hall–Kier alpha value is -4.81. The van der Waals surface area contributed by atoms with Gasteiger partial charge in [0, 0.05) is 55.9 Å². The van der Waals surface area contributed by atoms with Crippen molar-refractivity contribution >= 4 is 46.3 Å². The smallest absolute Gasteiger partial charge is 0.421 e. The van der Waals surface area contributed by atoms with E-state index in [0.717, 1.165) is 11.8 Å². The average molecular weight is 554 g/mol. The number of benzene rings is 2. The molecule has 1 atom stereocenters. The standard InChI is InChI=1S/C27H26F3N7O3/c1-3-24(39)32-17-5-4-6-18(11-17)33-25-21(27(28,29)30)13-31-26(35-25)34-19-7-8-22-23(12-19)40-15-20-14-36(16(2)38)9-10-37(20)22/h3-8,11-13,20H,1,9-10,14-15H2,2H3,(H,32,39)(H2,31,33,34,35)/t20-/m0/s1. The molecule has 3 heterocycles. The van der Waals surface area contributed by atoms with E-state index in [1.54, 1.807) is 42.2 Å². The molecular weight excluding hydrogens is 527 g/mol. The number of aromatic nitrogens is 2. The van der Waals surface area contributed by atoms with E-state index >= 15 is 0 Å². The maximum atomic E-state index is 13.7. The molecule has 40 heavy (non-hydrogen) atoms. The molecule has 0 aliphatic carbocycles. The summed E-state index contributed by atoms with van der Waals surface area (Å²) in [5.41, 5.74) is 1.00. The molecule has 0 saturated carbocycles. The van der Waals surface area contributed by atoms with Gasteiger partial charge in [0.2, 0.25) is 17.8 Å². The number of carbonyl (C=O) groups is 2. The zero-order valence-corrected chi connectivity index (χ0v) is 21.5. The van der Waals surface area contributed by atoms with Crippen molar-refractivity contribution in [3.8, 4) is 5.75 Å². The second kappa shape index (κ2) is 10.8. The summed E-state index contributed by atoms with van der Waals surface area (Å²) in [5, 5.41) is 8.19. The highest BCUT2D eigenvalue weighted by molar-refractivity contribution is 5.99. The Labute approximate surface area is 227 Å². The molecule has 0 spiro atoms. The van der Waals surface area contributed by atoms with E-state index in [4.69, 9.17) is 4.74 Å². The molecule has 1 saturated heterocycles. The lowest BCUT2D eigenvalue weighted by molar-refractivity contribution is -0.137. The lowest BCUT2D eigenvalue weighted by Crippen LogP contribution is -2.58. The molecule has 208 valence electrons. The topological polar surface area (TPSA) is 112 Å². The van der Waals surface area contributed by atoms with E-state index in [1.807, 2.05) is 6.07 Å². The van der Waals surface area contributed by atoms with Crippen LogP contribution in [0.3, 0.4) is 0 Å². The van der Waals surface area contributed by atoms with Gasteiger partial charge in [-0.1, -0.05) is 12.6 Å². The van der Waals surface area contributed by atoms with Gasteiger partial charge in [-0.15, -0.1) is 0 Å². The average Bonchev–Trinajstić information content (AvgIpc) is 2.92. The summed E-state index contributed by atoms with van der Waals surface area (Å²) in [7, 11) is 0. The van der Waals surface area contributed by atoms with Crippen LogP contribution >= 0.6 is 0 Å². The molecule has 0 unspecified atom stereocenters. The van der Waals surface area contributed by atoms with E-state index in [1.165, 1.54) is 6.07 Å². The van der Waals surface area contributed by atoms with E-state index < -0.39 is 23.5 Å². The second-order valence-corrected chi connectivity index (χ2v) is 9.28. The molecule has 5 rings (SSSR count). The van der Waals surface area contributed by atoms with Gasteiger partial charge in [0.25, 0.3) is 0 Å². The van der Waals surface area contributed by atoms with Crippen LogP contribution in [-0.4, -0.2) is 59.0 Å². The van der Waals surface area contributed by atoms with Gasteiger partial charge in [-0.25, -0.2) is 4.98 Å². The number of hydrogen-bond donors (Lipinski definition) is 3. The largest absolute Gasteiger partial charge is 0.489 e. The van der Waals surface area contributed by atoms with Crippen molar-refractivity contribution in [3.63, 3.8) is 0 Å². The minimum atomic E-state index is -4.71. The fraction of sp³-hybridized carbons (Fsp3) is 0.259. The van der Waals surface area contributed by atoms with Gasteiger partial charge in [-0.2, -0.15) is 18.2 Å². The first-order valence-electron chi connectivity index (χ1n) is 12.4. The molecule has 2 amide bonds. The summed E-state index contributed by atoms with van der Waals surface area (Å²) in [6.07, 6.45) is -2.92. The van der Waals surface area contributed by atoms with E-state index in [2.05, 4.69) is 37.4 Å². The van der Waals surface area contributed by atoms with Crippen LogP contribution in [0, 0.1) is 0 Å². The number of fused-ring (bicyclic) bond motifs is 3. The molecule has 0 bridgehead atoms. The zero-order valence-electron chi connectivity index (χ0n) is 21.5. The fourth-order valence-electron chi connectivity index (χ4n) is 4.61. The van der Waals surface area contributed by atoms with Gasteiger partial charge in [-0.05, 0) is 36.4 Å². The Kier molecular flexibility index (Phi) is 7.20. The van der Waals surface area contributed by atoms with Crippen LogP contribution in [0.15, 0.2) is 61.3 Å². The molecule has 1 fully saturated rings. The van der Waals surface area contributed by atoms with Gasteiger partial charge >= 0.3 is 6.18 Å². The number of ether oxygens (including phenoxy) is 1. The second-order valence-electron chi connectivity index (χ2n) is 9.28. The van der Waals surface area contributed by atoms with Crippen molar-refractivity contribution in [2.75, 3.05) is 47.1 Å². The van der Waals surface area contributed by atoms with Gasteiger partial charge in [0.05, 0.1) is 11.7 Å². The fourth-order valence-corrected chi connectivity index (χ4v) is 4.61. The predicted octanol–water partition coefficient (Wildman–Crippen LogP) is 4.54. The van der Waals surface area contributed by atoms with Crippen LogP contribution in [0.25, 0.3) is 0 Å². The molecular formula is C27H26F3N7O3. The Morgan fingerprint density at radius 3 is 2.62 bits per heavy atom. The van der Waals surface area contributed by atoms with Crippen LogP contribution in [0.5, 0.6) is 5.75 Å². The Morgan fingerprint density at radius 1 is 1.10 bits per heavy atom. The number of nitrogens with zero attached hydrogens (tertiary/aromatic N) is 4. The lowest BCUT2D eigenvalue weighted by atomic mass is 10.1. The third kappa shape index (κ3) is 5.77. The maximum Gasteiger partial charge on any atom is 0.421 e. The zero-order chi connectivity index (χ0) is 28.4. The molecule has 3 N–H and O–H groups in total. The predicted molar refractivity (Wildman–Crippen MR) is 144 cm³/mol. The summed E-state index contributed by atoms with van der Waals surface area (Å²) in [6.45, 7) is 7.19. The lowest BCUT2D eigenvalue weighted by Gasteiger charge is -2.45. The van der Waals surface area contributed by atoms with Gasteiger partial charge in [0.15, 0.2) is 0 Å². The number of amides is 2. The highest BCUT2D eigenvalue weighted by Crippen LogP contribution is 2.39. The summed E-state index contributed by atoms with van der Waals surface area (Å²) in [5.74, 6) is -0.332. The van der Waals surface area contributed by atoms with Crippen LogP contribution < -0.4 is 25.6 Å². The van der Waals surface area contributed by atoms with Crippen molar-refractivity contribution in [2.45, 2.75) is 19.1 Å². The molecule has 13 heteroatoms. The van der Waals surface area contributed by atoms with Crippen LogP contribution in [-0.2, 0) is 15.8 Å². The highest BCUT2D eigenvalue weighted by atomic mass is 19.4. The third-order valence-electron chi connectivity index (χ3n) is 6.56. The first-order valence-corrected chi connectivity index (χ1v) is 12.4. The molecule has 2 aliphatic rings. The normalized spacial score (nSPS) is 16.2. The van der Waals surface area contributed by atoms with Crippen molar-refractivity contribution in [2.24, 2.45) is 0 Å². The van der Waals surface area contributed by atoms with Crippen LogP contribution in [0.4, 0.5) is 47.7 Å². The number of nitrogens with one attached hydrogen (secondary N) is 3. The molecule has 2 aromatic carbocycles. The highest BCUT2D eigenvalue weighted by Gasteiger charge is 2.36. The minimum Gasteiger partial charge on any atom is -0.489 e. The Bertz CT molecular complexity index is 1460. The summed E-state index contributed by atoms with van der Waals surface area (Å²) < 4.78 is 47.2. The van der Waals surface area contributed by atoms with Crippen LogP contribution in [0.2, 0.25) is 0 Å². The SMILES string of the molecule is C=CC(=O)Nc1cccc(Nc2nc(Nc3ccc4c(c3)OC[C@@H]3CN(C(C)=O)CCN43)ncc2C(F)(F)F)c1. The number of alkyl halides is 3. The number of carbonyl (C=O) groups excluding carboxylic acids is 2. The van der Waals surface area contributed by atoms with E-state index in [0.29, 0.717) is 49.6 Å². The number of anilines is 6. The Balaban J connectivity index is 1.37. The van der Waals surface area contributed by atoms with E-state index in [-0.39, 0.29) is 23.6 Å². The van der Waals surface area contributed by atoms with Crippen molar-refractivity contribution < 1.29 is 27.5 Å². The summed E-state index contributed by atoms with van der Waals surface area (Å²) in [6, 6.07) is 11.6. The minimum absolute atomic E-state index is 0.0302. The molecule has 0 radical (unpaired) electrons. The monoisotopic (exact) mass is 553 g/mol. The molecule has 2 aliphatic heterocycles. The van der Waals surface area contributed by atoms with Gasteiger partial charge in [0.1, 0.15) is 23.7 Å². The summed E-state index contributed by atoms with van der Waals surface area (Å²) in [4.78, 5) is 35.3. The van der Waals surface area contributed by atoms with Gasteiger partial charge in [-0.3, -0.25) is 9.59 Å². The number of rotatable bonds is 6. The first-order chi connectivity index (χ1) is 19.1. The van der Waals surface area contributed by atoms with Crippen LogP contribution in [0.1, 0.15) is 12.5 Å². The summed E-state index contributed by atoms with van der Waals surface area (Å²) >= 11 is 0. The van der Waals surface area contributed by atoms with E-state index in [9.17, 15) is 22.8 Å². The maximum absolute atomic E-state index is 13.7. The van der Waals surface area contributed by atoms with Gasteiger partial charge < -0.3 is 30.5 Å². The van der Waals surface area contributed by atoms with Crippen molar-refractivity contribution in [1.29, 1.82) is 0 Å². The van der Waals surface area contributed by atoms with Crippen molar-refractivity contribution in [1.82, 2.24) is 14.9 Å². The third-order valence-corrected chi connectivity index (χ3v) is 6.56.